The fraction of sp³-hybridized carbons (Fsp3) is 0.286. The summed E-state index contributed by atoms with van der Waals surface area (Å²) in [6.07, 6.45) is 4.79. The summed E-state index contributed by atoms with van der Waals surface area (Å²) in [7, 11) is 0. The van der Waals surface area contributed by atoms with Crippen LogP contribution in [0.15, 0.2) is 30.6 Å². The Bertz CT molecular complexity index is 598. The number of nitrogens with zero attached hydrogens (tertiary/aromatic N) is 3. The van der Waals surface area contributed by atoms with Gasteiger partial charge >= 0.3 is 0 Å². The lowest BCUT2D eigenvalue weighted by Crippen LogP contribution is -2.14. The Hall–Kier alpha value is -1.39. The van der Waals surface area contributed by atoms with Crippen molar-refractivity contribution in [3.63, 3.8) is 0 Å². The second kappa shape index (κ2) is 6.68. The van der Waals surface area contributed by atoms with Crippen LogP contribution in [0.2, 0.25) is 0 Å². The van der Waals surface area contributed by atoms with E-state index in [1.807, 2.05) is 24.4 Å². The van der Waals surface area contributed by atoms with Gasteiger partial charge in [0.25, 0.3) is 0 Å². The first-order valence-electron chi connectivity index (χ1n) is 6.19. The number of nitrogens with one attached hydrogen (secondary N) is 1. The zero-order chi connectivity index (χ0) is 13.7. The summed E-state index contributed by atoms with van der Waals surface area (Å²) in [5, 5.41) is 16.8. The van der Waals surface area contributed by atoms with Gasteiger partial charge in [-0.15, -0.1) is 0 Å². The highest BCUT2D eigenvalue weighted by Crippen LogP contribution is 2.16. The molecule has 1 aromatic heterocycles. The van der Waals surface area contributed by atoms with Crippen molar-refractivity contribution in [1.29, 1.82) is 5.26 Å². The van der Waals surface area contributed by atoms with Gasteiger partial charge < -0.3 is 5.32 Å². The molecule has 0 fully saturated rings. The number of aromatic nitrogens is 2. The van der Waals surface area contributed by atoms with Crippen LogP contribution in [0.1, 0.15) is 24.5 Å². The first-order valence-corrected chi connectivity index (χ1v) is 7.26. The van der Waals surface area contributed by atoms with Crippen LogP contribution in [0, 0.1) is 14.9 Å². The van der Waals surface area contributed by atoms with Crippen molar-refractivity contribution in [1.82, 2.24) is 15.1 Å². The number of rotatable bonds is 5. The molecule has 2 aromatic rings. The van der Waals surface area contributed by atoms with E-state index in [-0.39, 0.29) is 0 Å². The zero-order valence-corrected chi connectivity index (χ0v) is 12.9. The van der Waals surface area contributed by atoms with Gasteiger partial charge in [-0.3, -0.25) is 0 Å². The minimum absolute atomic E-state index is 0.648. The van der Waals surface area contributed by atoms with Crippen LogP contribution >= 0.6 is 22.6 Å². The molecule has 0 aliphatic heterocycles. The van der Waals surface area contributed by atoms with Crippen LogP contribution in [0.4, 0.5) is 0 Å². The Morgan fingerprint density at radius 3 is 2.95 bits per heavy atom. The van der Waals surface area contributed by atoms with Crippen LogP contribution in [-0.4, -0.2) is 16.3 Å². The van der Waals surface area contributed by atoms with Crippen LogP contribution in [0.25, 0.3) is 5.69 Å². The first kappa shape index (κ1) is 14.0. The molecule has 0 spiro atoms. The Kier molecular flexibility index (Phi) is 4.93. The maximum Gasteiger partial charge on any atom is 0.101 e. The molecule has 1 heterocycles. The summed E-state index contributed by atoms with van der Waals surface area (Å²) in [6, 6.07) is 8.15. The lowest BCUT2D eigenvalue weighted by Gasteiger charge is -2.08. The Morgan fingerprint density at radius 2 is 2.32 bits per heavy atom. The molecule has 0 aliphatic rings. The molecule has 0 amide bonds. The largest absolute Gasteiger partial charge is 0.313 e. The van der Waals surface area contributed by atoms with Gasteiger partial charge in [-0.2, -0.15) is 10.4 Å². The molecule has 0 unspecified atom stereocenters. The minimum atomic E-state index is 0.648. The predicted octanol–water partition coefficient (Wildman–Crippen LogP) is 2.85. The minimum Gasteiger partial charge on any atom is -0.313 e. The topological polar surface area (TPSA) is 53.6 Å². The molecule has 1 aromatic carbocycles. The molecule has 4 nitrogen and oxygen atoms in total. The van der Waals surface area contributed by atoms with Crippen LogP contribution < -0.4 is 5.32 Å². The summed E-state index contributed by atoms with van der Waals surface area (Å²) in [4.78, 5) is 0. The van der Waals surface area contributed by atoms with E-state index in [0.717, 1.165) is 34.3 Å². The van der Waals surface area contributed by atoms with E-state index in [2.05, 4.69) is 46.0 Å². The van der Waals surface area contributed by atoms with E-state index in [1.54, 1.807) is 10.9 Å². The lowest BCUT2D eigenvalue weighted by atomic mass is 10.1. The third-order valence-electron chi connectivity index (χ3n) is 2.74. The molecule has 0 atom stereocenters. The summed E-state index contributed by atoms with van der Waals surface area (Å²) in [5.41, 5.74) is 2.59. The van der Waals surface area contributed by atoms with Gasteiger partial charge in [0.15, 0.2) is 0 Å². The third-order valence-corrected chi connectivity index (χ3v) is 3.29. The SMILES string of the molecule is CCCNCc1ccc(-n2cc(I)cn2)c(C#N)c1. The standard InChI is InChI=1S/C14H15IN4/c1-2-5-17-8-11-3-4-14(12(6-11)7-16)19-10-13(15)9-18-19/h3-4,6,9-10,17H,2,5,8H2,1H3. The van der Waals surface area contributed by atoms with Crippen LogP contribution in [-0.2, 0) is 6.54 Å². The van der Waals surface area contributed by atoms with E-state index < -0.39 is 0 Å². The first-order chi connectivity index (χ1) is 9.24. The third kappa shape index (κ3) is 3.55. The van der Waals surface area contributed by atoms with E-state index >= 15 is 0 Å². The average molecular weight is 366 g/mol. The molecule has 19 heavy (non-hydrogen) atoms. The van der Waals surface area contributed by atoms with Crippen molar-refractivity contribution < 1.29 is 0 Å². The Labute approximate surface area is 126 Å². The number of benzene rings is 1. The smallest absolute Gasteiger partial charge is 0.101 e. The normalized spacial score (nSPS) is 10.4. The fourth-order valence-corrected chi connectivity index (χ4v) is 2.21. The second-order valence-electron chi connectivity index (χ2n) is 4.24. The number of halogens is 1. The fourth-order valence-electron chi connectivity index (χ4n) is 1.82. The molecular weight excluding hydrogens is 351 g/mol. The molecule has 5 heteroatoms. The molecule has 2 rings (SSSR count). The monoisotopic (exact) mass is 366 g/mol. The maximum absolute atomic E-state index is 9.27. The van der Waals surface area contributed by atoms with E-state index in [0.29, 0.717) is 5.56 Å². The van der Waals surface area contributed by atoms with Gasteiger partial charge in [-0.1, -0.05) is 13.0 Å². The number of hydrogen-bond donors (Lipinski definition) is 1. The van der Waals surface area contributed by atoms with Gasteiger partial charge in [-0.05, 0) is 53.3 Å². The van der Waals surface area contributed by atoms with Crippen LogP contribution in [0.5, 0.6) is 0 Å². The maximum atomic E-state index is 9.27. The number of hydrogen-bond acceptors (Lipinski definition) is 3. The van der Waals surface area contributed by atoms with Crippen molar-refractivity contribution in [3.05, 3.63) is 45.3 Å². The van der Waals surface area contributed by atoms with Gasteiger partial charge in [0, 0.05) is 12.7 Å². The molecule has 1 N–H and O–H groups in total. The molecular formula is C14H15IN4. The highest BCUT2D eigenvalue weighted by Gasteiger charge is 2.07. The van der Waals surface area contributed by atoms with E-state index in [1.165, 1.54) is 0 Å². The molecule has 0 saturated heterocycles. The van der Waals surface area contributed by atoms with E-state index in [9.17, 15) is 5.26 Å². The highest BCUT2D eigenvalue weighted by molar-refractivity contribution is 14.1. The predicted molar refractivity (Wildman–Crippen MR) is 83.0 cm³/mol. The lowest BCUT2D eigenvalue weighted by molar-refractivity contribution is 0.675. The summed E-state index contributed by atoms with van der Waals surface area (Å²) in [5.74, 6) is 0. The van der Waals surface area contributed by atoms with Gasteiger partial charge in [-0.25, -0.2) is 4.68 Å². The zero-order valence-electron chi connectivity index (χ0n) is 10.7. The molecule has 0 aliphatic carbocycles. The Balaban J connectivity index is 2.24. The second-order valence-corrected chi connectivity index (χ2v) is 5.49. The van der Waals surface area contributed by atoms with Crippen molar-refractivity contribution in [2.24, 2.45) is 0 Å². The summed E-state index contributed by atoms with van der Waals surface area (Å²) in [6.45, 7) is 3.91. The van der Waals surface area contributed by atoms with Gasteiger partial charge in [0.05, 0.1) is 21.0 Å². The highest BCUT2D eigenvalue weighted by atomic mass is 127. The average Bonchev–Trinajstić information content (AvgIpc) is 2.85. The van der Waals surface area contributed by atoms with Crippen molar-refractivity contribution in [3.8, 4) is 11.8 Å². The molecule has 0 saturated carbocycles. The summed E-state index contributed by atoms with van der Waals surface area (Å²) < 4.78 is 2.79. The summed E-state index contributed by atoms with van der Waals surface area (Å²) >= 11 is 2.20. The molecule has 0 bridgehead atoms. The molecule has 0 radical (unpaired) electrons. The Morgan fingerprint density at radius 1 is 1.47 bits per heavy atom. The van der Waals surface area contributed by atoms with Crippen molar-refractivity contribution in [2.75, 3.05) is 6.54 Å². The van der Waals surface area contributed by atoms with Crippen LogP contribution in [0.3, 0.4) is 0 Å². The molecule has 98 valence electrons. The van der Waals surface area contributed by atoms with Crippen molar-refractivity contribution in [2.45, 2.75) is 19.9 Å². The van der Waals surface area contributed by atoms with Gasteiger partial charge in [0.1, 0.15) is 6.07 Å². The number of nitriles is 1. The van der Waals surface area contributed by atoms with E-state index in [4.69, 9.17) is 0 Å². The quantitative estimate of drug-likeness (QED) is 0.654. The van der Waals surface area contributed by atoms with Gasteiger partial charge in [0.2, 0.25) is 0 Å². The van der Waals surface area contributed by atoms with Crippen molar-refractivity contribution >= 4 is 22.6 Å².